The summed E-state index contributed by atoms with van der Waals surface area (Å²) in [7, 11) is 1.48. The van der Waals surface area contributed by atoms with E-state index < -0.39 is 0 Å². The molecule has 0 atom stereocenters. The third-order valence-electron chi connectivity index (χ3n) is 4.67. The molecule has 0 aliphatic heterocycles. The Morgan fingerprint density at radius 1 is 1.28 bits per heavy atom. The van der Waals surface area contributed by atoms with Crippen LogP contribution in [0, 0.1) is 17.3 Å². The highest BCUT2D eigenvalue weighted by molar-refractivity contribution is 5.72. The summed E-state index contributed by atoms with van der Waals surface area (Å²) in [5.74, 6) is 0.776. The van der Waals surface area contributed by atoms with E-state index in [2.05, 4.69) is 33.0 Å². The van der Waals surface area contributed by atoms with Gasteiger partial charge in [-0.05, 0) is 37.0 Å². The Balaban J connectivity index is 2.30. The van der Waals surface area contributed by atoms with E-state index in [1.807, 2.05) is 0 Å². The predicted octanol–water partition coefficient (Wildman–Crippen LogP) is 2.99. The van der Waals surface area contributed by atoms with E-state index in [4.69, 9.17) is 4.74 Å². The van der Waals surface area contributed by atoms with Crippen LogP contribution in [0.3, 0.4) is 0 Å². The zero-order chi connectivity index (χ0) is 13.8. The van der Waals surface area contributed by atoms with Gasteiger partial charge in [-0.1, -0.05) is 27.7 Å². The highest BCUT2D eigenvalue weighted by Crippen LogP contribution is 2.28. The molecule has 0 bridgehead atoms. The second-order valence-corrected chi connectivity index (χ2v) is 6.60. The van der Waals surface area contributed by atoms with Crippen molar-refractivity contribution in [3.05, 3.63) is 0 Å². The molecule has 1 N–H and O–H groups in total. The normalized spacial score (nSPS) is 25.2. The monoisotopic (exact) mass is 255 g/mol. The van der Waals surface area contributed by atoms with Crippen molar-refractivity contribution in [2.24, 2.45) is 17.3 Å². The van der Waals surface area contributed by atoms with Gasteiger partial charge in [0.05, 0.1) is 13.0 Å². The number of carbonyl (C=O) groups is 1. The second-order valence-electron chi connectivity index (χ2n) is 6.60. The van der Waals surface area contributed by atoms with Crippen molar-refractivity contribution in [1.82, 2.24) is 5.32 Å². The third kappa shape index (κ3) is 4.27. The Hall–Kier alpha value is -0.570. The third-order valence-corrected chi connectivity index (χ3v) is 4.67. The van der Waals surface area contributed by atoms with Gasteiger partial charge >= 0.3 is 5.97 Å². The molecule has 0 amide bonds. The molecule has 0 aromatic carbocycles. The minimum atomic E-state index is -0.0315. The number of carbonyl (C=O) groups excluding carboxylic acids is 1. The van der Waals surface area contributed by atoms with E-state index in [-0.39, 0.29) is 11.9 Å². The van der Waals surface area contributed by atoms with Gasteiger partial charge in [0, 0.05) is 12.6 Å². The fourth-order valence-corrected chi connectivity index (χ4v) is 2.31. The van der Waals surface area contributed by atoms with E-state index in [9.17, 15) is 4.79 Å². The lowest BCUT2D eigenvalue weighted by Gasteiger charge is -2.34. The molecule has 18 heavy (non-hydrogen) atoms. The van der Waals surface area contributed by atoms with Crippen molar-refractivity contribution in [2.75, 3.05) is 13.7 Å². The first-order chi connectivity index (χ1) is 8.36. The molecule has 1 aliphatic rings. The molecule has 3 nitrogen and oxygen atoms in total. The van der Waals surface area contributed by atoms with Crippen LogP contribution >= 0.6 is 0 Å². The number of rotatable bonds is 5. The Labute approximate surface area is 112 Å². The molecular weight excluding hydrogens is 226 g/mol. The molecule has 0 aromatic heterocycles. The van der Waals surface area contributed by atoms with Crippen LogP contribution in [0.4, 0.5) is 0 Å². The van der Waals surface area contributed by atoms with Gasteiger partial charge in [0.1, 0.15) is 0 Å². The second kappa shape index (κ2) is 6.55. The first-order valence-electron chi connectivity index (χ1n) is 7.18. The summed E-state index contributed by atoms with van der Waals surface area (Å²) in [4.78, 5) is 11.4. The van der Waals surface area contributed by atoms with E-state index >= 15 is 0 Å². The SMILES string of the molecule is COC(=O)C1CCC(NCC(C)(C)C(C)C)CC1. The van der Waals surface area contributed by atoms with Gasteiger partial charge in [-0.3, -0.25) is 4.79 Å². The van der Waals surface area contributed by atoms with E-state index in [0.717, 1.165) is 32.2 Å². The topological polar surface area (TPSA) is 38.3 Å². The fourth-order valence-electron chi connectivity index (χ4n) is 2.31. The van der Waals surface area contributed by atoms with E-state index in [0.29, 0.717) is 17.4 Å². The number of esters is 1. The molecular formula is C15H29NO2. The smallest absolute Gasteiger partial charge is 0.308 e. The van der Waals surface area contributed by atoms with Gasteiger partial charge in [0.25, 0.3) is 0 Å². The largest absolute Gasteiger partial charge is 0.469 e. The highest BCUT2D eigenvalue weighted by Gasteiger charge is 2.28. The van der Waals surface area contributed by atoms with Crippen LogP contribution < -0.4 is 5.32 Å². The van der Waals surface area contributed by atoms with E-state index in [1.165, 1.54) is 7.11 Å². The summed E-state index contributed by atoms with van der Waals surface area (Å²) < 4.78 is 4.81. The minimum Gasteiger partial charge on any atom is -0.469 e. The lowest BCUT2D eigenvalue weighted by Crippen LogP contribution is -2.41. The number of methoxy groups -OCH3 is 1. The zero-order valence-electron chi connectivity index (χ0n) is 12.6. The Bertz CT molecular complexity index is 266. The number of hydrogen-bond acceptors (Lipinski definition) is 3. The average Bonchev–Trinajstić information content (AvgIpc) is 2.36. The van der Waals surface area contributed by atoms with Crippen molar-refractivity contribution >= 4 is 5.97 Å². The highest BCUT2D eigenvalue weighted by atomic mass is 16.5. The van der Waals surface area contributed by atoms with Crippen molar-refractivity contribution in [3.8, 4) is 0 Å². The van der Waals surface area contributed by atoms with Gasteiger partial charge in [0.2, 0.25) is 0 Å². The number of hydrogen-bond donors (Lipinski definition) is 1. The molecule has 1 aliphatic carbocycles. The van der Waals surface area contributed by atoms with Gasteiger partial charge < -0.3 is 10.1 Å². The van der Waals surface area contributed by atoms with Gasteiger partial charge in [0.15, 0.2) is 0 Å². The van der Waals surface area contributed by atoms with Crippen LogP contribution in [0.15, 0.2) is 0 Å². The Morgan fingerprint density at radius 3 is 2.28 bits per heavy atom. The van der Waals surface area contributed by atoms with Crippen LogP contribution in [0.1, 0.15) is 53.4 Å². The zero-order valence-corrected chi connectivity index (χ0v) is 12.6. The maximum atomic E-state index is 11.4. The Morgan fingerprint density at radius 2 is 1.83 bits per heavy atom. The van der Waals surface area contributed by atoms with Crippen LogP contribution in [0.2, 0.25) is 0 Å². The summed E-state index contributed by atoms with van der Waals surface area (Å²) in [6, 6.07) is 0.573. The van der Waals surface area contributed by atoms with Gasteiger partial charge in [-0.25, -0.2) is 0 Å². The maximum absolute atomic E-state index is 11.4. The molecule has 106 valence electrons. The first kappa shape index (κ1) is 15.5. The quantitative estimate of drug-likeness (QED) is 0.768. The summed E-state index contributed by atoms with van der Waals surface area (Å²) in [5, 5.41) is 3.67. The van der Waals surface area contributed by atoms with Crippen molar-refractivity contribution in [3.63, 3.8) is 0 Å². The molecule has 0 saturated heterocycles. The summed E-state index contributed by atoms with van der Waals surface area (Å²) in [6.07, 6.45) is 4.11. The molecule has 1 fully saturated rings. The fraction of sp³-hybridized carbons (Fsp3) is 0.933. The van der Waals surface area contributed by atoms with Crippen LogP contribution in [0.25, 0.3) is 0 Å². The molecule has 1 saturated carbocycles. The van der Waals surface area contributed by atoms with Gasteiger partial charge in [-0.2, -0.15) is 0 Å². The lowest BCUT2D eigenvalue weighted by atomic mass is 9.80. The van der Waals surface area contributed by atoms with Crippen LogP contribution in [-0.4, -0.2) is 25.7 Å². The molecule has 0 unspecified atom stereocenters. The molecule has 0 aromatic rings. The van der Waals surface area contributed by atoms with Crippen LogP contribution in [-0.2, 0) is 9.53 Å². The number of nitrogens with one attached hydrogen (secondary N) is 1. The molecule has 3 heteroatoms. The summed E-state index contributed by atoms with van der Waals surface area (Å²) in [6.45, 7) is 10.2. The van der Waals surface area contributed by atoms with Crippen molar-refractivity contribution in [1.29, 1.82) is 0 Å². The Kier molecular flexibility index (Phi) is 5.64. The molecule has 1 rings (SSSR count). The molecule has 0 radical (unpaired) electrons. The van der Waals surface area contributed by atoms with Crippen molar-refractivity contribution < 1.29 is 9.53 Å². The molecule has 0 spiro atoms. The number of ether oxygens (including phenoxy) is 1. The minimum absolute atomic E-state index is 0.0315. The lowest BCUT2D eigenvalue weighted by molar-refractivity contribution is -0.146. The predicted molar refractivity (Wildman–Crippen MR) is 74.4 cm³/mol. The standard InChI is InChI=1S/C15H29NO2/c1-11(2)15(3,4)10-16-13-8-6-12(7-9-13)14(17)18-5/h11-13,16H,6-10H2,1-5H3. The first-order valence-corrected chi connectivity index (χ1v) is 7.18. The molecule has 0 heterocycles. The maximum Gasteiger partial charge on any atom is 0.308 e. The van der Waals surface area contributed by atoms with Gasteiger partial charge in [-0.15, -0.1) is 0 Å². The van der Waals surface area contributed by atoms with E-state index in [1.54, 1.807) is 0 Å². The van der Waals surface area contributed by atoms with Crippen LogP contribution in [0.5, 0.6) is 0 Å². The van der Waals surface area contributed by atoms with Crippen molar-refractivity contribution in [2.45, 2.75) is 59.4 Å². The summed E-state index contributed by atoms with van der Waals surface area (Å²) >= 11 is 0. The average molecular weight is 255 g/mol. The summed E-state index contributed by atoms with van der Waals surface area (Å²) in [5.41, 5.74) is 0.333.